The van der Waals surface area contributed by atoms with Gasteiger partial charge in [-0.15, -0.1) is 0 Å². The summed E-state index contributed by atoms with van der Waals surface area (Å²) in [5.41, 5.74) is 6.38. The molecule has 0 saturated heterocycles. The largest absolute Gasteiger partial charge is 0.330 e. The number of carbonyl (C=O) groups excluding carboxylic acids is 1. The highest BCUT2D eigenvalue weighted by molar-refractivity contribution is 7.90. The molecule has 0 bridgehead atoms. The van der Waals surface area contributed by atoms with Crippen molar-refractivity contribution >= 4 is 27.5 Å². The molecule has 1 heterocycles. The maximum Gasteiger partial charge on any atom is 0.304 e. The van der Waals surface area contributed by atoms with Gasteiger partial charge in [-0.1, -0.05) is 12.1 Å². The summed E-state index contributed by atoms with van der Waals surface area (Å²) in [5, 5.41) is 2.66. The summed E-state index contributed by atoms with van der Waals surface area (Å²) in [6, 6.07) is 6.82. The molecule has 2 rings (SSSR count). The third kappa shape index (κ3) is 2.77. The molecule has 8 heteroatoms. The van der Waals surface area contributed by atoms with Crippen molar-refractivity contribution in [2.45, 2.75) is 6.42 Å². The van der Waals surface area contributed by atoms with Gasteiger partial charge in [0.25, 0.3) is 0 Å². The highest BCUT2D eigenvalue weighted by atomic mass is 32.2. The molecule has 20 heavy (non-hydrogen) atoms. The van der Waals surface area contributed by atoms with Crippen LogP contribution in [0.3, 0.4) is 0 Å². The van der Waals surface area contributed by atoms with E-state index in [0.29, 0.717) is 30.9 Å². The molecule has 0 aromatic heterocycles. The maximum atomic E-state index is 12.5. The van der Waals surface area contributed by atoms with Crippen molar-refractivity contribution in [1.82, 2.24) is 4.31 Å². The van der Waals surface area contributed by atoms with Crippen LogP contribution in [0.5, 0.6) is 0 Å². The van der Waals surface area contributed by atoms with Gasteiger partial charge in [-0.05, 0) is 25.1 Å². The van der Waals surface area contributed by atoms with Gasteiger partial charge in [0.15, 0.2) is 0 Å². The lowest BCUT2D eigenvalue weighted by Gasteiger charge is -2.33. The molecule has 3 N–H and O–H groups in total. The first kappa shape index (κ1) is 14.8. The number of fused-ring (bicyclic) bond motifs is 1. The quantitative estimate of drug-likeness (QED) is 0.798. The molecular formula is C12H18N4O3S. The Hall–Kier alpha value is -1.64. The summed E-state index contributed by atoms with van der Waals surface area (Å²) in [5.74, 6) is -0.348. The molecule has 0 radical (unpaired) electrons. The Morgan fingerprint density at radius 3 is 2.80 bits per heavy atom. The van der Waals surface area contributed by atoms with Crippen LogP contribution in [-0.4, -0.2) is 45.3 Å². The van der Waals surface area contributed by atoms with Crippen molar-refractivity contribution in [3.8, 4) is 0 Å². The highest BCUT2D eigenvalue weighted by Crippen LogP contribution is 2.31. The fraction of sp³-hybridized carbons (Fsp3) is 0.417. The summed E-state index contributed by atoms with van der Waals surface area (Å²) in [6.07, 6.45) is 0.567. The summed E-state index contributed by atoms with van der Waals surface area (Å²) < 4.78 is 27.4. The normalized spacial score (nSPS) is 15.2. The van der Waals surface area contributed by atoms with Crippen LogP contribution in [0.25, 0.3) is 0 Å². The summed E-state index contributed by atoms with van der Waals surface area (Å²) in [4.78, 5) is 11.7. The molecule has 1 aromatic rings. The molecule has 1 aliphatic rings. The SMILES string of the molecule is CN(CCCN)S(=O)(=O)N1CC(=O)Nc2ccccc21. The lowest BCUT2D eigenvalue weighted by molar-refractivity contribution is -0.115. The van der Waals surface area contributed by atoms with E-state index in [9.17, 15) is 13.2 Å². The predicted octanol–water partition coefficient (Wildman–Crippen LogP) is -0.0295. The highest BCUT2D eigenvalue weighted by Gasteiger charge is 2.33. The van der Waals surface area contributed by atoms with E-state index in [2.05, 4.69) is 5.32 Å². The van der Waals surface area contributed by atoms with Crippen molar-refractivity contribution in [1.29, 1.82) is 0 Å². The van der Waals surface area contributed by atoms with Crippen LogP contribution in [0.1, 0.15) is 6.42 Å². The van der Waals surface area contributed by atoms with Crippen LogP contribution in [0, 0.1) is 0 Å². The number of carbonyl (C=O) groups is 1. The lowest BCUT2D eigenvalue weighted by Crippen LogP contribution is -2.48. The average molecular weight is 298 g/mol. The van der Waals surface area contributed by atoms with Crippen LogP contribution in [-0.2, 0) is 15.0 Å². The molecule has 1 amide bonds. The first-order valence-electron chi connectivity index (χ1n) is 6.30. The zero-order valence-electron chi connectivity index (χ0n) is 11.2. The van der Waals surface area contributed by atoms with Crippen molar-refractivity contribution in [3.63, 3.8) is 0 Å². The molecular weight excluding hydrogens is 280 g/mol. The zero-order valence-corrected chi connectivity index (χ0v) is 12.1. The van der Waals surface area contributed by atoms with Gasteiger partial charge in [0.2, 0.25) is 5.91 Å². The number of nitrogens with zero attached hydrogens (tertiary/aromatic N) is 2. The lowest BCUT2D eigenvalue weighted by atomic mass is 10.2. The first-order chi connectivity index (χ1) is 9.46. The van der Waals surface area contributed by atoms with Gasteiger partial charge in [0.05, 0.1) is 11.4 Å². The molecule has 0 unspecified atom stereocenters. The van der Waals surface area contributed by atoms with Crippen LogP contribution < -0.4 is 15.4 Å². The third-order valence-corrected chi connectivity index (χ3v) is 4.94. The Labute approximate surface area is 118 Å². The van der Waals surface area contributed by atoms with Gasteiger partial charge in [0.1, 0.15) is 6.54 Å². The Morgan fingerprint density at radius 2 is 2.10 bits per heavy atom. The standard InChI is InChI=1S/C12H18N4O3S/c1-15(8-4-7-13)20(18,19)16-9-12(17)14-10-5-2-3-6-11(10)16/h2-3,5-6H,4,7-9,13H2,1H3,(H,14,17). The molecule has 0 spiro atoms. The molecule has 0 aliphatic carbocycles. The Bertz CT molecular complexity index is 602. The zero-order chi connectivity index (χ0) is 14.8. The van der Waals surface area contributed by atoms with E-state index in [-0.39, 0.29) is 12.5 Å². The van der Waals surface area contributed by atoms with E-state index in [0.717, 1.165) is 4.31 Å². The Morgan fingerprint density at radius 1 is 1.40 bits per heavy atom. The molecule has 0 fully saturated rings. The summed E-state index contributed by atoms with van der Waals surface area (Å²) in [6.45, 7) is 0.516. The molecule has 110 valence electrons. The minimum Gasteiger partial charge on any atom is -0.330 e. The van der Waals surface area contributed by atoms with Crippen LogP contribution in [0.4, 0.5) is 11.4 Å². The van der Waals surface area contributed by atoms with Gasteiger partial charge >= 0.3 is 10.2 Å². The monoisotopic (exact) mass is 298 g/mol. The summed E-state index contributed by atoms with van der Waals surface area (Å²) >= 11 is 0. The van der Waals surface area contributed by atoms with Gasteiger partial charge in [-0.2, -0.15) is 12.7 Å². The molecule has 0 atom stereocenters. The average Bonchev–Trinajstić information content (AvgIpc) is 2.43. The van der Waals surface area contributed by atoms with Crippen molar-refractivity contribution in [2.75, 3.05) is 36.3 Å². The second-order valence-electron chi connectivity index (χ2n) is 4.54. The van der Waals surface area contributed by atoms with Gasteiger partial charge < -0.3 is 11.1 Å². The minimum absolute atomic E-state index is 0.216. The number of nitrogens with one attached hydrogen (secondary N) is 1. The fourth-order valence-electron chi connectivity index (χ4n) is 2.01. The maximum absolute atomic E-state index is 12.5. The van der Waals surface area contributed by atoms with Gasteiger partial charge in [-0.3, -0.25) is 4.79 Å². The van der Waals surface area contributed by atoms with Gasteiger partial charge in [0, 0.05) is 13.6 Å². The third-order valence-electron chi connectivity index (χ3n) is 3.08. The first-order valence-corrected chi connectivity index (χ1v) is 7.69. The smallest absolute Gasteiger partial charge is 0.304 e. The number of nitrogens with two attached hydrogens (primary N) is 1. The molecule has 0 saturated carbocycles. The number of para-hydroxylation sites is 2. The second-order valence-corrected chi connectivity index (χ2v) is 6.50. The van der Waals surface area contributed by atoms with Gasteiger partial charge in [-0.25, -0.2) is 4.31 Å². The van der Waals surface area contributed by atoms with E-state index in [1.54, 1.807) is 24.3 Å². The number of rotatable bonds is 5. The van der Waals surface area contributed by atoms with E-state index >= 15 is 0 Å². The fourth-order valence-corrected chi connectivity index (χ4v) is 3.39. The van der Waals surface area contributed by atoms with Crippen molar-refractivity contribution < 1.29 is 13.2 Å². The molecule has 7 nitrogen and oxygen atoms in total. The number of benzene rings is 1. The van der Waals surface area contributed by atoms with E-state index < -0.39 is 10.2 Å². The van der Waals surface area contributed by atoms with E-state index in [1.165, 1.54) is 11.4 Å². The van der Waals surface area contributed by atoms with Crippen molar-refractivity contribution in [3.05, 3.63) is 24.3 Å². The topological polar surface area (TPSA) is 95.7 Å². The molecule has 1 aliphatic heterocycles. The summed E-state index contributed by atoms with van der Waals surface area (Å²) in [7, 11) is -2.24. The second kappa shape index (κ2) is 5.78. The van der Waals surface area contributed by atoms with Crippen molar-refractivity contribution in [2.24, 2.45) is 5.73 Å². The number of amides is 1. The van der Waals surface area contributed by atoms with Crippen LogP contribution in [0.2, 0.25) is 0 Å². The van der Waals surface area contributed by atoms with E-state index in [4.69, 9.17) is 5.73 Å². The molecule has 1 aromatic carbocycles. The van der Waals surface area contributed by atoms with Crippen LogP contribution >= 0.6 is 0 Å². The number of anilines is 2. The van der Waals surface area contributed by atoms with Crippen LogP contribution in [0.15, 0.2) is 24.3 Å². The predicted molar refractivity (Wildman–Crippen MR) is 77.6 cm³/mol. The van der Waals surface area contributed by atoms with E-state index in [1.807, 2.05) is 0 Å². The number of hydrogen-bond donors (Lipinski definition) is 2. The number of hydrogen-bond acceptors (Lipinski definition) is 4. The Kier molecular flexibility index (Phi) is 4.26. The Balaban J connectivity index is 2.34. The minimum atomic E-state index is -3.73.